The lowest BCUT2D eigenvalue weighted by atomic mass is 10.0. The third-order valence-corrected chi connectivity index (χ3v) is 3.29. The van der Waals surface area contributed by atoms with Gasteiger partial charge in [-0.3, -0.25) is 4.79 Å². The van der Waals surface area contributed by atoms with Gasteiger partial charge in [0.1, 0.15) is 0 Å². The van der Waals surface area contributed by atoms with Gasteiger partial charge in [-0.15, -0.1) is 0 Å². The van der Waals surface area contributed by atoms with E-state index in [1.165, 1.54) is 0 Å². The van der Waals surface area contributed by atoms with Gasteiger partial charge in [-0.1, -0.05) is 13.8 Å². The number of nitrogens with two attached hydrogens (primary N) is 1. The van der Waals surface area contributed by atoms with E-state index in [9.17, 15) is 9.59 Å². The second-order valence-corrected chi connectivity index (χ2v) is 5.73. The molecule has 1 rings (SSSR count). The normalized spacial score (nSPS) is 17.6. The van der Waals surface area contributed by atoms with E-state index in [1.54, 1.807) is 28.8 Å². The average Bonchev–Trinajstić information content (AvgIpc) is 2.36. The zero-order valence-electron chi connectivity index (χ0n) is 12.4. The largest absolute Gasteiger partial charge is 0.338 e. The Morgan fingerprint density at radius 2 is 1.58 bits per heavy atom. The zero-order chi connectivity index (χ0) is 14.6. The fourth-order valence-corrected chi connectivity index (χ4v) is 2.24. The van der Waals surface area contributed by atoms with E-state index in [0.717, 1.165) is 0 Å². The van der Waals surface area contributed by atoms with Crippen molar-refractivity contribution in [3.8, 4) is 0 Å². The van der Waals surface area contributed by atoms with Gasteiger partial charge in [0.2, 0.25) is 5.91 Å². The summed E-state index contributed by atoms with van der Waals surface area (Å²) in [6, 6.07) is -0.422. The van der Waals surface area contributed by atoms with E-state index >= 15 is 0 Å². The minimum Gasteiger partial charge on any atom is -0.338 e. The molecule has 0 aliphatic carbocycles. The highest BCUT2D eigenvalue weighted by Gasteiger charge is 2.27. The molecule has 2 N–H and O–H groups in total. The maximum atomic E-state index is 12.1. The number of piperazine rings is 1. The van der Waals surface area contributed by atoms with E-state index < -0.39 is 6.04 Å². The first-order valence-electron chi connectivity index (χ1n) is 6.83. The van der Waals surface area contributed by atoms with Crippen LogP contribution < -0.4 is 5.73 Å². The van der Waals surface area contributed by atoms with Gasteiger partial charge in [-0.25, -0.2) is 4.79 Å². The van der Waals surface area contributed by atoms with Crippen LogP contribution in [0.5, 0.6) is 0 Å². The first-order valence-corrected chi connectivity index (χ1v) is 6.83. The SMILES string of the molecule is CC(C)C[C@@H](N)C(=O)N1CCN(C(=O)N(C)C)CC1. The van der Waals surface area contributed by atoms with Crippen LogP contribution in [-0.2, 0) is 4.79 Å². The third kappa shape index (κ3) is 4.38. The minimum absolute atomic E-state index is 0.00132. The first kappa shape index (κ1) is 15.8. The second-order valence-electron chi connectivity index (χ2n) is 5.73. The standard InChI is InChI=1S/C13H26N4O2/c1-10(2)9-11(14)12(18)16-5-7-17(8-6-16)13(19)15(3)4/h10-11H,5-9,14H2,1-4H3/t11-/m1/s1. The number of hydrogen-bond donors (Lipinski definition) is 1. The summed E-state index contributed by atoms with van der Waals surface area (Å²) >= 11 is 0. The Labute approximate surface area is 115 Å². The van der Waals surface area contributed by atoms with Crippen LogP contribution >= 0.6 is 0 Å². The summed E-state index contributed by atoms with van der Waals surface area (Å²) < 4.78 is 0. The number of carbonyl (C=O) groups is 2. The van der Waals surface area contributed by atoms with Crippen LogP contribution in [0.3, 0.4) is 0 Å². The van der Waals surface area contributed by atoms with Gasteiger partial charge in [0, 0.05) is 40.3 Å². The van der Waals surface area contributed by atoms with Crippen molar-refractivity contribution in [3.63, 3.8) is 0 Å². The van der Waals surface area contributed by atoms with Crippen LogP contribution in [0.1, 0.15) is 20.3 Å². The molecular formula is C13H26N4O2. The zero-order valence-corrected chi connectivity index (χ0v) is 12.4. The molecule has 0 saturated carbocycles. The first-order chi connectivity index (χ1) is 8.82. The van der Waals surface area contributed by atoms with Gasteiger partial charge in [0.05, 0.1) is 6.04 Å². The highest BCUT2D eigenvalue weighted by Crippen LogP contribution is 2.09. The number of urea groups is 1. The number of carbonyl (C=O) groups excluding carboxylic acids is 2. The molecular weight excluding hydrogens is 244 g/mol. The second kappa shape index (κ2) is 6.75. The molecule has 1 aliphatic rings. The van der Waals surface area contributed by atoms with Crippen molar-refractivity contribution in [2.75, 3.05) is 40.3 Å². The van der Waals surface area contributed by atoms with E-state index in [1.807, 2.05) is 0 Å². The summed E-state index contributed by atoms with van der Waals surface area (Å²) in [6.45, 7) is 6.42. The summed E-state index contributed by atoms with van der Waals surface area (Å²) in [4.78, 5) is 29.0. The molecule has 1 atom stereocenters. The molecule has 1 saturated heterocycles. The molecule has 0 aromatic rings. The Bertz CT molecular complexity index is 323. The number of hydrogen-bond acceptors (Lipinski definition) is 3. The number of rotatable bonds is 3. The van der Waals surface area contributed by atoms with E-state index in [-0.39, 0.29) is 11.9 Å². The summed E-state index contributed by atoms with van der Waals surface area (Å²) in [5.41, 5.74) is 5.91. The van der Waals surface area contributed by atoms with Crippen LogP contribution in [0.15, 0.2) is 0 Å². The third-order valence-electron chi connectivity index (χ3n) is 3.29. The van der Waals surface area contributed by atoms with Crippen molar-refractivity contribution in [1.29, 1.82) is 0 Å². The fraction of sp³-hybridized carbons (Fsp3) is 0.846. The molecule has 1 fully saturated rings. The summed E-state index contributed by atoms with van der Waals surface area (Å²) in [5.74, 6) is 0.418. The number of amides is 3. The lowest BCUT2D eigenvalue weighted by molar-refractivity contribution is -0.134. The quantitative estimate of drug-likeness (QED) is 0.795. The van der Waals surface area contributed by atoms with E-state index in [2.05, 4.69) is 13.8 Å². The minimum atomic E-state index is -0.420. The molecule has 0 unspecified atom stereocenters. The molecule has 0 radical (unpaired) electrons. The van der Waals surface area contributed by atoms with Gasteiger partial charge in [-0.05, 0) is 12.3 Å². The van der Waals surface area contributed by atoms with Gasteiger partial charge >= 0.3 is 6.03 Å². The van der Waals surface area contributed by atoms with Gasteiger partial charge in [0.25, 0.3) is 0 Å². The summed E-state index contributed by atoms with van der Waals surface area (Å²) in [5, 5.41) is 0. The van der Waals surface area contributed by atoms with Crippen LogP contribution in [0.2, 0.25) is 0 Å². The fourth-order valence-electron chi connectivity index (χ4n) is 2.24. The average molecular weight is 270 g/mol. The van der Waals surface area contributed by atoms with Gasteiger partial charge in [0.15, 0.2) is 0 Å². The lowest BCUT2D eigenvalue weighted by Gasteiger charge is -2.37. The smallest absolute Gasteiger partial charge is 0.319 e. The van der Waals surface area contributed by atoms with Crippen molar-refractivity contribution < 1.29 is 9.59 Å². The maximum Gasteiger partial charge on any atom is 0.319 e. The Hall–Kier alpha value is -1.30. The Balaban J connectivity index is 2.45. The Kier molecular flexibility index (Phi) is 5.60. The van der Waals surface area contributed by atoms with E-state index in [4.69, 9.17) is 5.73 Å². The molecule has 6 nitrogen and oxygen atoms in total. The van der Waals surface area contributed by atoms with Gasteiger partial charge < -0.3 is 20.4 Å². The molecule has 0 bridgehead atoms. The molecule has 0 spiro atoms. The molecule has 19 heavy (non-hydrogen) atoms. The highest BCUT2D eigenvalue weighted by atomic mass is 16.2. The molecule has 110 valence electrons. The number of nitrogens with zero attached hydrogens (tertiary/aromatic N) is 3. The van der Waals surface area contributed by atoms with Crippen LogP contribution in [-0.4, -0.2) is 73.0 Å². The van der Waals surface area contributed by atoms with Crippen LogP contribution in [0, 0.1) is 5.92 Å². The van der Waals surface area contributed by atoms with Crippen molar-refractivity contribution in [2.24, 2.45) is 11.7 Å². The van der Waals surface area contributed by atoms with Crippen molar-refractivity contribution in [1.82, 2.24) is 14.7 Å². The molecule has 6 heteroatoms. The monoisotopic (exact) mass is 270 g/mol. The summed E-state index contributed by atoms with van der Waals surface area (Å²) in [6.07, 6.45) is 0.704. The molecule has 0 aromatic carbocycles. The molecule has 1 aliphatic heterocycles. The molecule has 0 aromatic heterocycles. The predicted molar refractivity (Wildman–Crippen MR) is 74.7 cm³/mol. The Morgan fingerprint density at radius 1 is 1.11 bits per heavy atom. The predicted octanol–water partition coefficient (Wildman–Crippen LogP) is 0.186. The van der Waals surface area contributed by atoms with Crippen molar-refractivity contribution >= 4 is 11.9 Å². The Morgan fingerprint density at radius 3 is 2.00 bits per heavy atom. The van der Waals surface area contributed by atoms with Crippen molar-refractivity contribution in [3.05, 3.63) is 0 Å². The van der Waals surface area contributed by atoms with Crippen LogP contribution in [0.4, 0.5) is 4.79 Å². The van der Waals surface area contributed by atoms with Gasteiger partial charge in [-0.2, -0.15) is 0 Å². The van der Waals surface area contributed by atoms with Crippen LogP contribution in [0.25, 0.3) is 0 Å². The maximum absolute atomic E-state index is 12.1. The van der Waals surface area contributed by atoms with Crippen molar-refractivity contribution in [2.45, 2.75) is 26.3 Å². The summed E-state index contributed by atoms with van der Waals surface area (Å²) in [7, 11) is 3.47. The lowest BCUT2D eigenvalue weighted by Crippen LogP contribution is -2.55. The highest BCUT2D eigenvalue weighted by molar-refractivity contribution is 5.82. The molecule has 1 heterocycles. The van der Waals surface area contributed by atoms with E-state index in [0.29, 0.717) is 38.5 Å². The topological polar surface area (TPSA) is 69.9 Å². The molecule has 3 amide bonds.